The molecule has 0 fully saturated rings. The lowest BCUT2D eigenvalue weighted by Crippen LogP contribution is -1.88. The number of aromatic nitrogens is 1. The van der Waals surface area contributed by atoms with Crippen LogP contribution in [0.2, 0.25) is 15.1 Å². The molecule has 0 saturated carbocycles. The molecule has 2 N–H and O–H groups in total. The summed E-state index contributed by atoms with van der Waals surface area (Å²) >= 11 is 18.2. The summed E-state index contributed by atoms with van der Waals surface area (Å²) in [5.41, 5.74) is 8.60. The fourth-order valence-electron chi connectivity index (χ4n) is 2.07. The van der Waals surface area contributed by atoms with Crippen molar-refractivity contribution in [2.45, 2.75) is 0 Å². The number of benzene rings is 2. The third-order valence-corrected chi connectivity index (χ3v) is 4.13. The summed E-state index contributed by atoms with van der Waals surface area (Å²) < 4.78 is 5.12. The molecule has 1 heterocycles. The molecule has 0 atom stereocenters. The summed E-state index contributed by atoms with van der Waals surface area (Å²) in [6.07, 6.45) is 0. The van der Waals surface area contributed by atoms with Crippen molar-refractivity contribution in [3.8, 4) is 22.4 Å². The fraction of sp³-hybridized carbons (Fsp3) is 0. The van der Waals surface area contributed by atoms with Crippen LogP contribution in [0.25, 0.3) is 22.4 Å². The monoisotopic (exact) mass is 338 g/mol. The van der Waals surface area contributed by atoms with Gasteiger partial charge in [-0.2, -0.15) is 0 Å². The molecule has 106 valence electrons. The van der Waals surface area contributed by atoms with E-state index in [1.807, 2.05) is 18.2 Å². The highest BCUT2D eigenvalue weighted by Gasteiger charge is 2.20. The van der Waals surface area contributed by atoms with Crippen LogP contribution in [0.1, 0.15) is 0 Å². The van der Waals surface area contributed by atoms with E-state index in [9.17, 15) is 0 Å². The van der Waals surface area contributed by atoms with Crippen LogP contribution in [0.4, 0.5) is 5.88 Å². The molecule has 3 rings (SSSR count). The Balaban J connectivity index is 2.22. The van der Waals surface area contributed by atoms with Gasteiger partial charge in [0.2, 0.25) is 5.88 Å². The van der Waals surface area contributed by atoms with Crippen molar-refractivity contribution in [2.24, 2.45) is 0 Å². The van der Waals surface area contributed by atoms with Gasteiger partial charge < -0.3 is 10.3 Å². The molecule has 2 aromatic carbocycles. The second-order valence-electron chi connectivity index (χ2n) is 4.38. The normalized spacial score (nSPS) is 10.8. The molecule has 0 aliphatic carbocycles. The predicted octanol–water partition coefficient (Wildman–Crippen LogP) is 5.55. The Labute approximate surface area is 136 Å². The summed E-state index contributed by atoms with van der Waals surface area (Å²) in [6, 6.07) is 12.5. The van der Waals surface area contributed by atoms with Crippen molar-refractivity contribution < 1.29 is 4.52 Å². The van der Waals surface area contributed by atoms with Crippen molar-refractivity contribution in [3.63, 3.8) is 0 Å². The SMILES string of the molecule is Nc1onc(-c2cccc(Cl)c2Cl)c1-c1ccc(Cl)cc1. The van der Waals surface area contributed by atoms with Crippen LogP contribution in [-0.4, -0.2) is 5.16 Å². The molecule has 0 saturated heterocycles. The Hall–Kier alpha value is -1.68. The zero-order valence-corrected chi connectivity index (χ0v) is 12.9. The van der Waals surface area contributed by atoms with Crippen LogP contribution >= 0.6 is 34.8 Å². The van der Waals surface area contributed by atoms with Gasteiger partial charge in [0.15, 0.2) is 0 Å². The maximum Gasteiger partial charge on any atom is 0.230 e. The molecule has 0 amide bonds. The van der Waals surface area contributed by atoms with Gasteiger partial charge >= 0.3 is 0 Å². The van der Waals surface area contributed by atoms with E-state index in [4.69, 9.17) is 45.1 Å². The summed E-state index contributed by atoms with van der Waals surface area (Å²) in [5.74, 6) is 0.211. The lowest BCUT2D eigenvalue weighted by atomic mass is 10.0. The van der Waals surface area contributed by atoms with E-state index in [0.717, 1.165) is 5.56 Å². The topological polar surface area (TPSA) is 52.0 Å². The number of nitrogens with zero attached hydrogens (tertiary/aromatic N) is 1. The van der Waals surface area contributed by atoms with Crippen molar-refractivity contribution in [2.75, 3.05) is 5.73 Å². The molecule has 1 aromatic heterocycles. The highest BCUT2D eigenvalue weighted by Crippen LogP contribution is 2.41. The van der Waals surface area contributed by atoms with E-state index in [-0.39, 0.29) is 5.88 Å². The molecule has 0 radical (unpaired) electrons. The van der Waals surface area contributed by atoms with Crippen LogP contribution in [0.3, 0.4) is 0 Å². The van der Waals surface area contributed by atoms with Gasteiger partial charge in [0.25, 0.3) is 0 Å². The Bertz CT molecular complexity index is 797. The first-order chi connectivity index (χ1) is 10.1. The minimum atomic E-state index is 0.211. The Morgan fingerprint density at radius 2 is 1.67 bits per heavy atom. The van der Waals surface area contributed by atoms with Crippen LogP contribution < -0.4 is 5.73 Å². The number of halogens is 3. The van der Waals surface area contributed by atoms with E-state index in [0.29, 0.717) is 31.9 Å². The maximum atomic E-state index is 6.25. The lowest BCUT2D eigenvalue weighted by molar-refractivity contribution is 0.439. The minimum Gasteiger partial charge on any atom is -0.367 e. The maximum absolute atomic E-state index is 6.25. The smallest absolute Gasteiger partial charge is 0.230 e. The molecular formula is C15H9Cl3N2O. The minimum absolute atomic E-state index is 0.211. The third kappa shape index (κ3) is 2.60. The van der Waals surface area contributed by atoms with E-state index in [1.54, 1.807) is 24.3 Å². The van der Waals surface area contributed by atoms with E-state index in [2.05, 4.69) is 5.16 Å². The van der Waals surface area contributed by atoms with Crippen molar-refractivity contribution in [3.05, 3.63) is 57.5 Å². The molecule has 6 heteroatoms. The largest absolute Gasteiger partial charge is 0.367 e. The Kier molecular flexibility index (Phi) is 3.81. The average Bonchev–Trinajstić information content (AvgIpc) is 2.85. The molecule has 3 aromatic rings. The molecular weight excluding hydrogens is 331 g/mol. The third-order valence-electron chi connectivity index (χ3n) is 3.06. The van der Waals surface area contributed by atoms with Crippen molar-refractivity contribution >= 4 is 40.7 Å². The predicted molar refractivity (Wildman–Crippen MR) is 86.8 cm³/mol. The molecule has 0 aliphatic heterocycles. The van der Waals surface area contributed by atoms with Crippen molar-refractivity contribution in [1.82, 2.24) is 5.16 Å². The Morgan fingerprint density at radius 3 is 2.38 bits per heavy atom. The molecule has 0 aliphatic rings. The van der Waals surface area contributed by atoms with Gasteiger partial charge in [0.05, 0.1) is 15.6 Å². The van der Waals surface area contributed by atoms with Gasteiger partial charge in [0.1, 0.15) is 5.69 Å². The molecule has 0 bridgehead atoms. The first-order valence-corrected chi connectivity index (χ1v) is 7.17. The number of anilines is 1. The first kappa shape index (κ1) is 14.3. The standard InChI is InChI=1S/C15H9Cl3N2O/c16-9-6-4-8(5-7-9)12-14(20-21-15(12)19)10-2-1-3-11(17)13(10)18/h1-7H,19H2. The van der Waals surface area contributed by atoms with Gasteiger partial charge in [-0.25, -0.2) is 0 Å². The number of hydrogen-bond donors (Lipinski definition) is 1. The second-order valence-corrected chi connectivity index (χ2v) is 5.60. The molecule has 0 spiro atoms. The fourth-order valence-corrected chi connectivity index (χ4v) is 2.58. The lowest BCUT2D eigenvalue weighted by Gasteiger charge is -2.06. The quantitative estimate of drug-likeness (QED) is 0.666. The van der Waals surface area contributed by atoms with Crippen LogP contribution in [-0.2, 0) is 0 Å². The highest BCUT2D eigenvalue weighted by atomic mass is 35.5. The van der Waals surface area contributed by atoms with Gasteiger partial charge in [-0.1, -0.05) is 64.2 Å². The van der Waals surface area contributed by atoms with Gasteiger partial charge in [0, 0.05) is 10.6 Å². The van der Waals surface area contributed by atoms with E-state index in [1.165, 1.54) is 0 Å². The number of nitrogen functional groups attached to an aromatic ring is 1. The van der Waals surface area contributed by atoms with Gasteiger partial charge in [-0.05, 0) is 23.8 Å². The summed E-state index contributed by atoms with van der Waals surface area (Å²) in [4.78, 5) is 0. The molecule has 21 heavy (non-hydrogen) atoms. The second kappa shape index (κ2) is 5.60. The van der Waals surface area contributed by atoms with E-state index >= 15 is 0 Å². The zero-order valence-electron chi connectivity index (χ0n) is 10.6. The van der Waals surface area contributed by atoms with E-state index < -0.39 is 0 Å². The molecule has 0 unspecified atom stereocenters. The number of rotatable bonds is 2. The summed E-state index contributed by atoms with van der Waals surface area (Å²) in [7, 11) is 0. The number of hydrogen-bond acceptors (Lipinski definition) is 3. The van der Waals surface area contributed by atoms with Crippen LogP contribution in [0, 0.1) is 0 Å². The highest BCUT2D eigenvalue weighted by molar-refractivity contribution is 6.43. The van der Waals surface area contributed by atoms with Crippen molar-refractivity contribution in [1.29, 1.82) is 0 Å². The summed E-state index contributed by atoms with van der Waals surface area (Å²) in [5, 5.41) is 5.49. The summed E-state index contributed by atoms with van der Waals surface area (Å²) in [6.45, 7) is 0. The van der Waals surface area contributed by atoms with Crippen LogP contribution in [0.5, 0.6) is 0 Å². The zero-order chi connectivity index (χ0) is 15.0. The number of nitrogens with two attached hydrogens (primary N) is 1. The average molecular weight is 340 g/mol. The van der Waals surface area contributed by atoms with Crippen LogP contribution in [0.15, 0.2) is 47.0 Å². The van der Waals surface area contributed by atoms with Gasteiger partial charge in [-0.15, -0.1) is 0 Å². The van der Waals surface area contributed by atoms with Gasteiger partial charge in [-0.3, -0.25) is 0 Å². The first-order valence-electron chi connectivity index (χ1n) is 6.03. The Morgan fingerprint density at radius 1 is 0.952 bits per heavy atom. The molecule has 3 nitrogen and oxygen atoms in total.